The number of nitrogens with zero attached hydrogens (tertiary/aromatic N) is 1. The fourth-order valence-corrected chi connectivity index (χ4v) is 2.44. The van der Waals surface area contributed by atoms with Gasteiger partial charge in [-0.05, 0) is 31.0 Å². The van der Waals surface area contributed by atoms with Crippen molar-refractivity contribution < 1.29 is 0 Å². The number of rotatable bonds is 10. The number of hydrogen-bond donors (Lipinski definition) is 2. The minimum Gasteiger partial charge on any atom is -0.271 e. The van der Waals surface area contributed by atoms with Crippen molar-refractivity contribution in [1.29, 1.82) is 0 Å². The summed E-state index contributed by atoms with van der Waals surface area (Å²) in [6.45, 7) is 4.28. The smallest absolute Gasteiger partial charge is 0.0461 e. The Morgan fingerprint density at radius 3 is 2.47 bits per heavy atom. The van der Waals surface area contributed by atoms with Gasteiger partial charge in [0.2, 0.25) is 0 Å². The van der Waals surface area contributed by atoms with E-state index >= 15 is 0 Å². The molecule has 0 bridgehead atoms. The van der Waals surface area contributed by atoms with Gasteiger partial charge in [0.25, 0.3) is 0 Å². The number of hydrogen-bond acceptors (Lipinski definition) is 3. The Labute approximate surface area is 118 Å². The molecule has 1 aromatic rings. The van der Waals surface area contributed by atoms with Gasteiger partial charge in [0.15, 0.2) is 0 Å². The van der Waals surface area contributed by atoms with E-state index < -0.39 is 0 Å². The number of pyridine rings is 1. The summed E-state index contributed by atoms with van der Waals surface area (Å²) in [5.41, 5.74) is 5.23. The van der Waals surface area contributed by atoms with Crippen molar-refractivity contribution in [2.75, 3.05) is 0 Å². The molecule has 0 amide bonds. The molecule has 1 unspecified atom stereocenters. The maximum absolute atomic E-state index is 5.66. The molecule has 0 saturated heterocycles. The van der Waals surface area contributed by atoms with Gasteiger partial charge in [-0.25, -0.2) is 0 Å². The maximum atomic E-state index is 5.66. The molecule has 108 valence electrons. The quantitative estimate of drug-likeness (QED) is 0.380. The van der Waals surface area contributed by atoms with Gasteiger partial charge >= 0.3 is 0 Å². The number of aryl methyl sites for hydroxylation is 1. The Morgan fingerprint density at radius 2 is 1.84 bits per heavy atom. The van der Waals surface area contributed by atoms with E-state index in [2.05, 4.69) is 29.5 Å². The van der Waals surface area contributed by atoms with Crippen molar-refractivity contribution in [2.45, 2.75) is 71.3 Å². The van der Waals surface area contributed by atoms with E-state index in [1.165, 1.54) is 50.5 Å². The van der Waals surface area contributed by atoms with Crippen LogP contribution in [-0.2, 0) is 0 Å². The standard InChI is InChI=1S/C16H29N3/c1-3-4-5-6-7-8-9-10-16(19-17)15-11-12-18-14(2)13-15/h11-13,16,19H,3-10,17H2,1-2H3. The zero-order chi connectivity index (χ0) is 13.9. The van der Waals surface area contributed by atoms with Crippen LogP contribution in [0.15, 0.2) is 18.3 Å². The number of unbranched alkanes of at least 4 members (excludes halogenated alkanes) is 6. The summed E-state index contributed by atoms with van der Waals surface area (Å²) in [7, 11) is 0. The molecule has 0 fully saturated rings. The third-order valence-electron chi connectivity index (χ3n) is 3.62. The monoisotopic (exact) mass is 263 g/mol. The average Bonchev–Trinajstić information content (AvgIpc) is 2.42. The van der Waals surface area contributed by atoms with Crippen LogP contribution in [0.1, 0.15) is 75.6 Å². The third kappa shape index (κ3) is 6.69. The lowest BCUT2D eigenvalue weighted by atomic mass is 10.0. The zero-order valence-corrected chi connectivity index (χ0v) is 12.5. The van der Waals surface area contributed by atoms with Crippen LogP contribution in [0, 0.1) is 6.92 Å². The molecule has 3 nitrogen and oxygen atoms in total. The molecule has 1 atom stereocenters. The van der Waals surface area contributed by atoms with E-state index in [4.69, 9.17) is 5.84 Å². The van der Waals surface area contributed by atoms with E-state index in [1.807, 2.05) is 13.1 Å². The molecule has 0 radical (unpaired) electrons. The van der Waals surface area contributed by atoms with Gasteiger partial charge in [0.05, 0.1) is 0 Å². The molecular formula is C16H29N3. The molecule has 19 heavy (non-hydrogen) atoms. The lowest BCUT2D eigenvalue weighted by Crippen LogP contribution is -2.28. The topological polar surface area (TPSA) is 50.9 Å². The second-order valence-corrected chi connectivity index (χ2v) is 5.36. The van der Waals surface area contributed by atoms with Gasteiger partial charge in [0.1, 0.15) is 0 Å². The first-order valence-corrected chi connectivity index (χ1v) is 7.66. The van der Waals surface area contributed by atoms with Gasteiger partial charge < -0.3 is 0 Å². The van der Waals surface area contributed by atoms with E-state index in [-0.39, 0.29) is 6.04 Å². The Hall–Kier alpha value is -0.930. The first-order valence-electron chi connectivity index (χ1n) is 7.66. The summed E-state index contributed by atoms with van der Waals surface area (Å²) in [6.07, 6.45) is 12.3. The third-order valence-corrected chi connectivity index (χ3v) is 3.62. The minimum atomic E-state index is 0.261. The minimum absolute atomic E-state index is 0.261. The van der Waals surface area contributed by atoms with E-state index in [0.29, 0.717) is 0 Å². The summed E-state index contributed by atoms with van der Waals surface area (Å²) >= 11 is 0. The van der Waals surface area contributed by atoms with Gasteiger partial charge in [-0.15, -0.1) is 0 Å². The molecule has 0 spiro atoms. The summed E-state index contributed by atoms with van der Waals surface area (Å²) in [5, 5.41) is 0. The Balaban J connectivity index is 2.22. The predicted molar refractivity (Wildman–Crippen MR) is 81.6 cm³/mol. The van der Waals surface area contributed by atoms with Crippen LogP contribution >= 0.6 is 0 Å². The number of nitrogens with one attached hydrogen (secondary N) is 1. The Bertz CT molecular complexity index is 339. The number of nitrogens with two attached hydrogens (primary N) is 1. The molecule has 0 aromatic carbocycles. The Kier molecular flexibility index (Phi) is 8.43. The van der Waals surface area contributed by atoms with E-state index in [9.17, 15) is 0 Å². The average molecular weight is 263 g/mol. The van der Waals surface area contributed by atoms with Gasteiger partial charge in [-0.2, -0.15) is 0 Å². The second-order valence-electron chi connectivity index (χ2n) is 5.36. The summed E-state index contributed by atoms with van der Waals surface area (Å²) in [4.78, 5) is 4.23. The van der Waals surface area contributed by atoms with Crippen LogP contribution in [0.5, 0.6) is 0 Å². The highest BCUT2D eigenvalue weighted by Crippen LogP contribution is 2.20. The fourth-order valence-electron chi connectivity index (χ4n) is 2.44. The SMILES string of the molecule is CCCCCCCCCC(NN)c1ccnc(C)c1. The molecule has 0 aliphatic rings. The lowest BCUT2D eigenvalue weighted by molar-refractivity contribution is 0.475. The van der Waals surface area contributed by atoms with E-state index in [1.54, 1.807) is 0 Å². The number of hydrazine groups is 1. The van der Waals surface area contributed by atoms with Crippen molar-refractivity contribution >= 4 is 0 Å². The van der Waals surface area contributed by atoms with Crippen LogP contribution in [0.3, 0.4) is 0 Å². The zero-order valence-electron chi connectivity index (χ0n) is 12.5. The first-order chi connectivity index (χ1) is 9.27. The summed E-state index contributed by atoms with van der Waals surface area (Å²) in [6, 6.07) is 4.43. The van der Waals surface area contributed by atoms with Crippen LogP contribution in [0.2, 0.25) is 0 Å². The van der Waals surface area contributed by atoms with Crippen LogP contribution < -0.4 is 11.3 Å². The molecule has 1 rings (SSSR count). The maximum Gasteiger partial charge on any atom is 0.0461 e. The number of aromatic nitrogens is 1. The van der Waals surface area contributed by atoms with Crippen LogP contribution in [0.4, 0.5) is 0 Å². The van der Waals surface area contributed by atoms with Gasteiger partial charge in [0, 0.05) is 17.9 Å². The van der Waals surface area contributed by atoms with Crippen molar-refractivity contribution in [3.05, 3.63) is 29.6 Å². The molecular weight excluding hydrogens is 234 g/mol. The molecule has 1 heterocycles. The molecule has 0 saturated carbocycles. The lowest BCUT2D eigenvalue weighted by Gasteiger charge is -2.16. The van der Waals surface area contributed by atoms with Crippen molar-refractivity contribution in [1.82, 2.24) is 10.4 Å². The molecule has 3 heteroatoms. The first kappa shape index (κ1) is 16.1. The molecule has 0 aliphatic carbocycles. The predicted octanol–water partition coefficient (Wildman–Crippen LogP) is 4.04. The highest BCUT2D eigenvalue weighted by atomic mass is 15.2. The molecule has 0 aliphatic heterocycles. The van der Waals surface area contributed by atoms with Crippen molar-refractivity contribution in [2.24, 2.45) is 5.84 Å². The van der Waals surface area contributed by atoms with E-state index in [0.717, 1.165) is 12.1 Å². The molecule has 1 aromatic heterocycles. The Morgan fingerprint density at radius 1 is 1.16 bits per heavy atom. The van der Waals surface area contributed by atoms with Crippen molar-refractivity contribution in [3.63, 3.8) is 0 Å². The highest BCUT2D eigenvalue weighted by molar-refractivity contribution is 5.19. The van der Waals surface area contributed by atoms with Gasteiger partial charge in [-0.3, -0.25) is 16.3 Å². The second kappa shape index (κ2) is 9.93. The largest absolute Gasteiger partial charge is 0.271 e. The normalized spacial score (nSPS) is 12.6. The van der Waals surface area contributed by atoms with Crippen LogP contribution in [-0.4, -0.2) is 4.98 Å². The van der Waals surface area contributed by atoms with Crippen molar-refractivity contribution in [3.8, 4) is 0 Å². The summed E-state index contributed by atoms with van der Waals surface area (Å²) in [5.74, 6) is 5.66. The highest BCUT2D eigenvalue weighted by Gasteiger charge is 2.09. The van der Waals surface area contributed by atoms with Gasteiger partial charge in [-0.1, -0.05) is 51.9 Å². The summed E-state index contributed by atoms with van der Waals surface area (Å²) < 4.78 is 0. The fraction of sp³-hybridized carbons (Fsp3) is 0.688. The van der Waals surface area contributed by atoms with Crippen LogP contribution in [0.25, 0.3) is 0 Å². The molecule has 3 N–H and O–H groups in total.